The molecule has 6 rings (SSSR count). The van der Waals surface area contributed by atoms with E-state index in [0.717, 1.165) is 37.0 Å². The zero-order valence-electron chi connectivity index (χ0n) is 18.3. The number of carbonyl (C=O) groups excluding carboxylic acids is 2. The minimum Gasteiger partial charge on any atom is -0.339 e. The van der Waals surface area contributed by atoms with E-state index in [0.29, 0.717) is 37.1 Å². The van der Waals surface area contributed by atoms with E-state index < -0.39 is 9.84 Å². The number of benzene rings is 1. The van der Waals surface area contributed by atoms with Crippen LogP contribution in [0.15, 0.2) is 29.2 Å². The van der Waals surface area contributed by atoms with Crippen molar-refractivity contribution in [3.05, 3.63) is 29.3 Å². The summed E-state index contributed by atoms with van der Waals surface area (Å²) in [6.07, 6.45) is 7.06. The van der Waals surface area contributed by atoms with Gasteiger partial charge in [-0.05, 0) is 80.5 Å². The molecule has 5 fully saturated rings. The highest BCUT2D eigenvalue weighted by Crippen LogP contribution is 2.60. The normalized spacial score (nSPS) is 31.7. The summed E-state index contributed by atoms with van der Waals surface area (Å²) in [6.45, 7) is 2.07. The van der Waals surface area contributed by atoms with Gasteiger partial charge < -0.3 is 9.80 Å². The monoisotopic (exact) mass is 478 g/mol. The Morgan fingerprint density at radius 1 is 0.875 bits per heavy atom. The van der Waals surface area contributed by atoms with E-state index in [-0.39, 0.29) is 28.4 Å². The third-order valence-electron chi connectivity index (χ3n) is 8.17. The molecule has 4 aliphatic carbocycles. The van der Waals surface area contributed by atoms with Crippen LogP contribution in [0, 0.1) is 23.2 Å². The summed E-state index contributed by atoms with van der Waals surface area (Å²) in [7, 11) is -3.53. The van der Waals surface area contributed by atoms with Gasteiger partial charge in [0.25, 0.3) is 0 Å². The molecule has 1 aromatic rings. The molecule has 1 aromatic carbocycles. The Kier molecular flexibility index (Phi) is 5.77. The predicted octanol–water partition coefficient (Wildman–Crippen LogP) is 3.39. The van der Waals surface area contributed by atoms with E-state index in [1.807, 2.05) is 4.90 Å². The number of piperazine rings is 1. The quantitative estimate of drug-likeness (QED) is 0.650. The third-order valence-corrected chi connectivity index (χ3v) is 10.2. The zero-order chi connectivity index (χ0) is 22.5. The summed E-state index contributed by atoms with van der Waals surface area (Å²) in [4.78, 5) is 30.0. The largest absolute Gasteiger partial charge is 0.339 e. The molecular formula is C24H31ClN2O4S. The molecule has 1 saturated heterocycles. The Hall–Kier alpha value is -1.60. The highest BCUT2D eigenvalue weighted by atomic mass is 35.5. The molecule has 8 heteroatoms. The van der Waals surface area contributed by atoms with Gasteiger partial charge in [0.15, 0.2) is 9.84 Å². The Morgan fingerprint density at radius 2 is 1.38 bits per heavy atom. The third kappa shape index (κ3) is 4.18. The van der Waals surface area contributed by atoms with Crippen molar-refractivity contribution in [1.82, 2.24) is 9.80 Å². The van der Waals surface area contributed by atoms with Crippen LogP contribution >= 0.6 is 11.6 Å². The Morgan fingerprint density at radius 3 is 1.91 bits per heavy atom. The van der Waals surface area contributed by atoms with Crippen molar-refractivity contribution in [2.75, 3.05) is 31.9 Å². The van der Waals surface area contributed by atoms with Gasteiger partial charge in [0.05, 0.1) is 16.1 Å². The lowest BCUT2D eigenvalue weighted by Gasteiger charge is -2.57. The average molecular weight is 479 g/mol. The van der Waals surface area contributed by atoms with E-state index in [4.69, 9.17) is 11.6 Å². The first-order valence-corrected chi connectivity index (χ1v) is 13.8. The van der Waals surface area contributed by atoms with Crippen molar-refractivity contribution in [3.63, 3.8) is 0 Å². The summed E-state index contributed by atoms with van der Waals surface area (Å²) in [5.74, 6) is 2.13. The van der Waals surface area contributed by atoms with Gasteiger partial charge in [-0.3, -0.25) is 9.59 Å². The number of halogens is 1. The van der Waals surface area contributed by atoms with Gasteiger partial charge in [0.1, 0.15) is 0 Å². The van der Waals surface area contributed by atoms with Crippen molar-refractivity contribution >= 4 is 33.3 Å². The van der Waals surface area contributed by atoms with Crippen molar-refractivity contribution in [2.24, 2.45) is 23.2 Å². The molecule has 0 unspecified atom stereocenters. The molecule has 174 valence electrons. The van der Waals surface area contributed by atoms with Crippen molar-refractivity contribution in [2.45, 2.75) is 49.8 Å². The van der Waals surface area contributed by atoms with Crippen LogP contribution in [0.1, 0.15) is 44.9 Å². The van der Waals surface area contributed by atoms with E-state index in [1.165, 1.54) is 43.5 Å². The number of hydrogen-bond acceptors (Lipinski definition) is 4. The summed E-state index contributed by atoms with van der Waals surface area (Å²) in [6, 6.07) is 6.01. The highest BCUT2D eigenvalue weighted by molar-refractivity contribution is 7.91. The van der Waals surface area contributed by atoms with Gasteiger partial charge in [-0.15, -0.1) is 0 Å². The summed E-state index contributed by atoms with van der Waals surface area (Å²) in [5, 5.41) is 0.473. The van der Waals surface area contributed by atoms with Crippen LogP contribution in [0.3, 0.4) is 0 Å². The fraction of sp³-hybridized carbons (Fsp3) is 0.667. The molecule has 5 aliphatic rings. The van der Waals surface area contributed by atoms with Crippen LogP contribution < -0.4 is 0 Å². The first-order chi connectivity index (χ1) is 15.2. The Bertz CT molecular complexity index is 964. The lowest BCUT2D eigenvalue weighted by atomic mass is 9.49. The number of rotatable bonds is 5. The lowest BCUT2D eigenvalue weighted by Crippen LogP contribution is -2.58. The maximum absolute atomic E-state index is 13.5. The van der Waals surface area contributed by atoms with Crippen molar-refractivity contribution in [3.8, 4) is 0 Å². The Labute approximate surface area is 195 Å². The molecule has 0 radical (unpaired) electrons. The van der Waals surface area contributed by atoms with Crippen LogP contribution in [0.25, 0.3) is 0 Å². The minimum absolute atomic E-state index is 0.0477. The number of amides is 2. The molecule has 1 heterocycles. The molecule has 0 atom stereocenters. The van der Waals surface area contributed by atoms with Crippen LogP contribution in [0.5, 0.6) is 0 Å². The smallest absolute Gasteiger partial charge is 0.228 e. The van der Waals surface area contributed by atoms with Crippen LogP contribution in [0.2, 0.25) is 5.02 Å². The second kappa shape index (κ2) is 8.32. The second-order valence-corrected chi connectivity index (χ2v) is 12.9. The molecule has 32 heavy (non-hydrogen) atoms. The second-order valence-electron chi connectivity index (χ2n) is 10.4. The average Bonchev–Trinajstić information content (AvgIpc) is 2.76. The first kappa shape index (κ1) is 22.2. The molecule has 6 nitrogen and oxygen atoms in total. The summed E-state index contributed by atoms with van der Waals surface area (Å²) >= 11 is 5.83. The lowest BCUT2D eigenvalue weighted by molar-refractivity contribution is -0.160. The number of carbonyl (C=O) groups is 2. The van der Waals surface area contributed by atoms with Crippen LogP contribution in [-0.2, 0) is 19.4 Å². The molecule has 0 spiro atoms. The summed E-state index contributed by atoms with van der Waals surface area (Å²) in [5.41, 5.74) is -0.145. The van der Waals surface area contributed by atoms with Gasteiger partial charge in [-0.25, -0.2) is 8.42 Å². The molecule has 4 saturated carbocycles. The molecule has 0 N–H and O–H groups in total. The molecule has 0 aromatic heterocycles. The predicted molar refractivity (Wildman–Crippen MR) is 122 cm³/mol. The van der Waals surface area contributed by atoms with Gasteiger partial charge in [-0.2, -0.15) is 0 Å². The van der Waals surface area contributed by atoms with Gasteiger partial charge in [0.2, 0.25) is 11.8 Å². The number of hydrogen-bond donors (Lipinski definition) is 0. The topological polar surface area (TPSA) is 74.8 Å². The summed E-state index contributed by atoms with van der Waals surface area (Å²) < 4.78 is 25.0. The van der Waals surface area contributed by atoms with E-state index in [1.54, 1.807) is 4.90 Å². The first-order valence-electron chi connectivity index (χ1n) is 11.8. The fourth-order valence-electron chi connectivity index (χ4n) is 7.01. The van der Waals surface area contributed by atoms with Crippen LogP contribution in [-0.4, -0.2) is 62.0 Å². The molecule has 2 amide bonds. The van der Waals surface area contributed by atoms with E-state index >= 15 is 0 Å². The SMILES string of the molecule is O=C(CCS(=O)(=O)c1ccc(Cl)cc1)N1CCN(C(=O)C23CC4CC(CC(C4)C2)C3)CC1. The van der Waals surface area contributed by atoms with Gasteiger partial charge in [-0.1, -0.05) is 11.6 Å². The highest BCUT2D eigenvalue weighted by Gasteiger charge is 2.55. The fourth-order valence-corrected chi connectivity index (χ4v) is 8.36. The van der Waals surface area contributed by atoms with Crippen molar-refractivity contribution in [1.29, 1.82) is 0 Å². The van der Waals surface area contributed by atoms with Gasteiger partial charge in [0, 0.05) is 37.6 Å². The van der Waals surface area contributed by atoms with E-state index in [2.05, 4.69) is 0 Å². The zero-order valence-corrected chi connectivity index (χ0v) is 19.9. The molecule has 4 bridgehead atoms. The minimum atomic E-state index is -3.53. The van der Waals surface area contributed by atoms with E-state index in [9.17, 15) is 18.0 Å². The maximum atomic E-state index is 13.5. The van der Waals surface area contributed by atoms with Crippen molar-refractivity contribution < 1.29 is 18.0 Å². The molecular weight excluding hydrogens is 448 g/mol. The standard InChI is InChI=1S/C24H31ClN2O4S/c25-20-1-3-21(4-2-20)32(30,31)10-5-22(28)26-6-8-27(9-7-26)23(29)24-14-17-11-18(15-24)13-19(12-17)16-24/h1-4,17-19H,5-16H2. The maximum Gasteiger partial charge on any atom is 0.228 e. The van der Waals surface area contributed by atoms with Crippen LogP contribution in [0.4, 0.5) is 0 Å². The number of sulfone groups is 1. The number of nitrogens with zero attached hydrogens (tertiary/aromatic N) is 2. The molecule has 1 aliphatic heterocycles. The van der Waals surface area contributed by atoms with Gasteiger partial charge >= 0.3 is 0 Å². The Balaban J connectivity index is 1.14.